The molecule has 23 heavy (non-hydrogen) atoms. The summed E-state index contributed by atoms with van der Waals surface area (Å²) >= 11 is 0. The Bertz CT molecular complexity index is 491. The summed E-state index contributed by atoms with van der Waals surface area (Å²) in [6.45, 7) is 5.98. The zero-order valence-electron chi connectivity index (χ0n) is 13.9. The number of hydrogen-bond donors (Lipinski definition) is 2. The lowest BCUT2D eigenvalue weighted by Crippen LogP contribution is -2.44. The number of pyridine rings is 1. The van der Waals surface area contributed by atoms with Crippen LogP contribution in [0.25, 0.3) is 0 Å². The maximum absolute atomic E-state index is 5.81. The van der Waals surface area contributed by atoms with Crippen molar-refractivity contribution < 1.29 is 4.74 Å². The Hall–Kier alpha value is -1.13. The SMILES string of the molecule is COCCNC(N)=NCc1ccnc(N2CCN(C)CC2)c1.I. The van der Waals surface area contributed by atoms with Crippen molar-refractivity contribution in [3.05, 3.63) is 23.9 Å². The first-order chi connectivity index (χ1) is 10.7. The molecule has 7 nitrogen and oxygen atoms in total. The van der Waals surface area contributed by atoms with Gasteiger partial charge >= 0.3 is 0 Å². The van der Waals surface area contributed by atoms with E-state index in [1.807, 2.05) is 12.3 Å². The highest BCUT2D eigenvalue weighted by Crippen LogP contribution is 2.15. The average Bonchev–Trinajstić information content (AvgIpc) is 2.54. The minimum absolute atomic E-state index is 0. The summed E-state index contributed by atoms with van der Waals surface area (Å²) in [5.74, 6) is 1.46. The number of halogens is 1. The predicted molar refractivity (Wildman–Crippen MR) is 105 cm³/mol. The number of guanidine groups is 1. The van der Waals surface area contributed by atoms with Crippen LogP contribution in [0.4, 0.5) is 5.82 Å². The fourth-order valence-electron chi connectivity index (χ4n) is 2.28. The molecule has 0 atom stereocenters. The van der Waals surface area contributed by atoms with Crippen molar-refractivity contribution in [3.8, 4) is 0 Å². The van der Waals surface area contributed by atoms with E-state index in [1.165, 1.54) is 0 Å². The van der Waals surface area contributed by atoms with E-state index in [4.69, 9.17) is 10.5 Å². The van der Waals surface area contributed by atoms with Gasteiger partial charge in [0.05, 0.1) is 13.2 Å². The molecule has 1 aliphatic rings. The number of rotatable bonds is 6. The van der Waals surface area contributed by atoms with Gasteiger partial charge in [0, 0.05) is 46.0 Å². The Morgan fingerprint density at radius 2 is 2.13 bits per heavy atom. The van der Waals surface area contributed by atoms with Crippen molar-refractivity contribution in [3.63, 3.8) is 0 Å². The lowest BCUT2D eigenvalue weighted by Gasteiger charge is -2.33. The lowest BCUT2D eigenvalue weighted by molar-refractivity contribution is 0.204. The average molecular weight is 434 g/mol. The minimum atomic E-state index is 0. The first kappa shape index (κ1) is 19.9. The highest BCUT2D eigenvalue weighted by molar-refractivity contribution is 14.0. The number of nitrogens with one attached hydrogen (secondary N) is 1. The molecular weight excluding hydrogens is 407 g/mol. The van der Waals surface area contributed by atoms with Gasteiger partial charge in [0.25, 0.3) is 0 Å². The fraction of sp³-hybridized carbons (Fsp3) is 0.600. The van der Waals surface area contributed by atoms with Gasteiger partial charge in [0.1, 0.15) is 5.82 Å². The third-order valence-corrected chi connectivity index (χ3v) is 3.68. The topological polar surface area (TPSA) is 79.0 Å². The number of aromatic nitrogens is 1. The zero-order valence-corrected chi connectivity index (χ0v) is 16.2. The Kier molecular flexibility index (Phi) is 9.19. The summed E-state index contributed by atoms with van der Waals surface area (Å²) in [7, 11) is 3.81. The Morgan fingerprint density at radius 1 is 1.39 bits per heavy atom. The number of piperazine rings is 1. The monoisotopic (exact) mass is 434 g/mol. The molecule has 0 saturated carbocycles. The highest BCUT2D eigenvalue weighted by atomic mass is 127. The summed E-state index contributed by atoms with van der Waals surface area (Å²) in [5, 5.41) is 3.01. The molecule has 1 aromatic rings. The second-order valence-corrected chi connectivity index (χ2v) is 5.43. The van der Waals surface area contributed by atoms with Gasteiger partial charge in [-0.2, -0.15) is 0 Å². The van der Waals surface area contributed by atoms with Crippen LogP contribution in [0.1, 0.15) is 5.56 Å². The molecule has 2 rings (SSSR count). The number of nitrogens with zero attached hydrogens (tertiary/aromatic N) is 4. The van der Waals surface area contributed by atoms with E-state index >= 15 is 0 Å². The third kappa shape index (κ3) is 6.88. The van der Waals surface area contributed by atoms with Crippen LogP contribution in [0.3, 0.4) is 0 Å². The van der Waals surface area contributed by atoms with Crippen LogP contribution in [0.15, 0.2) is 23.3 Å². The van der Waals surface area contributed by atoms with Crippen LogP contribution in [0.5, 0.6) is 0 Å². The normalized spacial score (nSPS) is 16.1. The minimum Gasteiger partial charge on any atom is -0.383 e. The van der Waals surface area contributed by atoms with E-state index in [0.29, 0.717) is 25.7 Å². The van der Waals surface area contributed by atoms with Crippen molar-refractivity contribution in [2.45, 2.75) is 6.54 Å². The van der Waals surface area contributed by atoms with Gasteiger partial charge < -0.3 is 25.6 Å². The molecule has 1 fully saturated rings. The molecule has 8 heteroatoms. The van der Waals surface area contributed by atoms with Crippen molar-refractivity contribution in [2.24, 2.45) is 10.7 Å². The van der Waals surface area contributed by atoms with Gasteiger partial charge in [0.15, 0.2) is 5.96 Å². The Labute approximate surface area is 155 Å². The van der Waals surface area contributed by atoms with E-state index in [-0.39, 0.29) is 24.0 Å². The number of ether oxygens (including phenoxy) is 1. The van der Waals surface area contributed by atoms with Gasteiger partial charge in [-0.05, 0) is 24.7 Å². The summed E-state index contributed by atoms with van der Waals surface area (Å²) in [6, 6.07) is 4.07. The second-order valence-electron chi connectivity index (χ2n) is 5.43. The summed E-state index contributed by atoms with van der Waals surface area (Å²) in [4.78, 5) is 13.5. The van der Waals surface area contributed by atoms with Crippen LogP contribution in [-0.4, -0.2) is 69.3 Å². The molecule has 0 aromatic carbocycles. The van der Waals surface area contributed by atoms with Gasteiger partial charge in [0.2, 0.25) is 0 Å². The Morgan fingerprint density at radius 3 is 2.83 bits per heavy atom. The van der Waals surface area contributed by atoms with E-state index in [9.17, 15) is 0 Å². The molecular formula is C15H27IN6O. The number of anilines is 1. The van der Waals surface area contributed by atoms with Gasteiger partial charge in [-0.1, -0.05) is 0 Å². The largest absolute Gasteiger partial charge is 0.383 e. The van der Waals surface area contributed by atoms with Gasteiger partial charge in [-0.3, -0.25) is 0 Å². The Balaban J connectivity index is 0.00000264. The van der Waals surface area contributed by atoms with Crippen LogP contribution >= 0.6 is 24.0 Å². The third-order valence-electron chi connectivity index (χ3n) is 3.68. The standard InChI is InChI=1S/C15H26N6O.HI/c1-20-6-8-21(9-7-20)14-11-13(3-4-17-14)12-19-15(16)18-5-10-22-2;/h3-4,11H,5-10,12H2,1-2H3,(H3,16,18,19);1H. The molecule has 0 amide bonds. The number of hydrogen-bond acceptors (Lipinski definition) is 5. The molecule has 130 valence electrons. The number of nitrogens with two attached hydrogens (primary N) is 1. The number of likely N-dealkylation sites (N-methyl/N-ethyl adjacent to an activating group) is 1. The molecule has 0 spiro atoms. The van der Waals surface area contributed by atoms with Crippen molar-refractivity contribution >= 4 is 35.8 Å². The van der Waals surface area contributed by atoms with Gasteiger partial charge in [-0.15, -0.1) is 24.0 Å². The molecule has 0 radical (unpaired) electrons. The van der Waals surface area contributed by atoms with E-state index in [2.05, 4.69) is 38.2 Å². The zero-order chi connectivity index (χ0) is 15.8. The maximum Gasteiger partial charge on any atom is 0.188 e. The highest BCUT2D eigenvalue weighted by Gasteiger charge is 2.15. The van der Waals surface area contributed by atoms with Crippen LogP contribution in [-0.2, 0) is 11.3 Å². The molecule has 2 heterocycles. The quantitative estimate of drug-likeness (QED) is 0.294. The molecule has 0 bridgehead atoms. The van der Waals surface area contributed by atoms with Crippen LogP contribution < -0.4 is 16.0 Å². The van der Waals surface area contributed by atoms with Gasteiger partial charge in [-0.25, -0.2) is 9.98 Å². The molecule has 1 aromatic heterocycles. The molecule has 0 aliphatic carbocycles. The molecule has 0 unspecified atom stereocenters. The van der Waals surface area contributed by atoms with Crippen molar-refractivity contribution in [2.75, 3.05) is 58.4 Å². The fourth-order valence-corrected chi connectivity index (χ4v) is 2.28. The van der Waals surface area contributed by atoms with E-state index in [0.717, 1.165) is 37.6 Å². The van der Waals surface area contributed by atoms with Crippen molar-refractivity contribution in [1.82, 2.24) is 15.2 Å². The first-order valence-corrected chi connectivity index (χ1v) is 7.60. The molecule has 1 saturated heterocycles. The summed E-state index contributed by atoms with van der Waals surface area (Å²) in [5.41, 5.74) is 6.92. The van der Waals surface area contributed by atoms with Crippen LogP contribution in [0, 0.1) is 0 Å². The smallest absolute Gasteiger partial charge is 0.188 e. The number of aliphatic imine (C=N–C) groups is 1. The second kappa shape index (κ2) is 10.6. The van der Waals surface area contributed by atoms with E-state index < -0.39 is 0 Å². The molecule has 3 N–H and O–H groups in total. The van der Waals surface area contributed by atoms with E-state index in [1.54, 1.807) is 7.11 Å². The van der Waals surface area contributed by atoms with Crippen LogP contribution in [0.2, 0.25) is 0 Å². The molecule has 1 aliphatic heterocycles. The summed E-state index contributed by atoms with van der Waals surface area (Å²) < 4.78 is 4.96. The predicted octanol–water partition coefficient (Wildman–Crippen LogP) is 0.502. The first-order valence-electron chi connectivity index (χ1n) is 7.60. The maximum atomic E-state index is 5.81. The lowest BCUT2D eigenvalue weighted by atomic mass is 10.2. The van der Waals surface area contributed by atoms with Crippen molar-refractivity contribution in [1.29, 1.82) is 0 Å². The summed E-state index contributed by atoms with van der Waals surface area (Å²) in [6.07, 6.45) is 1.84. The number of methoxy groups -OCH3 is 1.